The van der Waals surface area contributed by atoms with Crippen LogP contribution in [0.5, 0.6) is 0 Å². The Morgan fingerprint density at radius 1 is 1.10 bits per heavy atom. The molecule has 1 amide bonds. The quantitative estimate of drug-likeness (QED) is 0.365. The highest BCUT2D eigenvalue weighted by molar-refractivity contribution is 7.99. The van der Waals surface area contributed by atoms with Crippen molar-refractivity contribution in [3.63, 3.8) is 0 Å². The zero-order chi connectivity index (χ0) is 22.0. The Kier molecular flexibility index (Phi) is 6.52. The molecule has 0 unspecified atom stereocenters. The first-order valence-corrected chi connectivity index (χ1v) is 11.1. The lowest BCUT2D eigenvalue weighted by atomic mass is 10.2. The Labute approximate surface area is 186 Å². The summed E-state index contributed by atoms with van der Waals surface area (Å²) in [7, 11) is 0. The third kappa shape index (κ3) is 4.57. The summed E-state index contributed by atoms with van der Waals surface area (Å²) >= 11 is 7.50. The monoisotopic (exact) mass is 466 g/mol. The molecule has 0 bridgehead atoms. The van der Waals surface area contributed by atoms with Crippen LogP contribution in [0.4, 0.5) is 18.9 Å². The van der Waals surface area contributed by atoms with Crippen molar-refractivity contribution in [1.29, 1.82) is 0 Å². The van der Waals surface area contributed by atoms with Gasteiger partial charge < -0.3 is 5.32 Å². The number of anilines is 1. The standard InChI is InChI=1S/C21H18ClF3N4OS/c22-14-8-4-3-7-13(14)20-27-28-21(29(20)12-5-1-2-6-12)31-11-17(30)26-16-10-9-15(23)18(24)19(16)25/h3-4,7-10,12H,1-2,5-6,11H2,(H,26,30). The van der Waals surface area contributed by atoms with E-state index in [0.717, 1.165) is 55.1 Å². The minimum atomic E-state index is -1.63. The number of amides is 1. The van der Waals surface area contributed by atoms with E-state index in [0.29, 0.717) is 16.0 Å². The molecule has 1 N–H and O–H groups in total. The molecule has 4 rings (SSSR count). The summed E-state index contributed by atoms with van der Waals surface area (Å²) in [4.78, 5) is 12.3. The number of hydrogen-bond donors (Lipinski definition) is 1. The van der Waals surface area contributed by atoms with Crippen LogP contribution in [-0.2, 0) is 4.79 Å². The molecule has 0 atom stereocenters. The number of carbonyl (C=O) groups is 1. The highest BCUT2D eigenvalue weighted by atomic mass is 35.5. The van der Waals surface area contributed by atoms with Crippen molar-refractivity contribution in [3.05, 3.63) is 58.9 Å². The number of thioether (sulfide) groups is 1. The molecule has 3 aromatic rings. The van der Waals surface area contributed by atoms with E-state index in [4.69, 9.17) is 11.6 Å². The number of benzene rings is 2. The third-order valence-electron chi connectivity index (χ3n) is 5.11. The highest BCUT2D eigenvalue weighted by Crippen LogP contribution is 2.38. The summed E-state index contributed by atoms with van der Waals surface area (Å²) < 4.78 is 42.3. The van der Waals surface area contributed by atoms with E-state index in [2.05, 4.69) is 15.5 Å². The van der Waals surface area contributed by atoms with Crippen LogP contribution in [0.3, 0.4) is 0 Å². The molecule has 162 valence electrons. The summed E-state index contributed by atoms with van der Waals surface area (Å²) in [5, 5.41) is 11.9. The molecule has 31 heavy (non-hydrogen) atoms. The lowest BCUT2D eigenvalue weighted by Crippen LogP contribution is -2.17. The molecule has 10 heteroatoms. The van der Waals surface area contributed by atoms with Gasteiger partial charge in [-0.15, -0.1) is 10.2 Å². The van der Waals surface area contributed by atoms with E-state index in [1.807, 2.05) is 22.8 Å². The molecule has 1 aromatic heterocycles. The van der Waals surface area contributed by atoms with Crippen molar-refractivity contribution in [2.75, 3.05) is 11.1 Å². The van der Waals surface area contributed by atoms with Gasteiger partial charge in [0.05, 0.1) is 16.5 Å². The molecule has 0 radical (unpaired) electrons. The average molecular weight is 467 g/mol. The summed E-state index contributed by atoms with van der Waals surface area (Å²) in [6.07, 6.45) is 4.11. The molecule has 0 saturated heterocycles. The second kappa shape index (κ2) is 9.32. The van der Waals surface area contributed by atoms with Gasteiger partial charge in [0.25, 0.3) is 0 Å². The first kappa shape index (κ1) is 21.7. The van der Waals surface area contributed by atoms with Gasteiger partial charge in [0, 0.05) is 11.6 Å². The smallest absolute Gasteiger partial charge is 0.234 e. The molecule has 1 saturated carbocycles. The Hall–Kier alpha value is -2.52. The summed E-state index contributed by atoms with van der Waals surface area (Å²) in [5.74, 6) is -4.43. The van der Waals surface area contributed by atoms with Gasteiger partial charge in [-0.2, -0.15) is 0 Å². The maximum atomic E-state index is 13.8. The minimum Gasteiger partial charge on any atom is -0.323 e. The fourth-order valence-corrected chi connectivity index (χ4v) is 4.66. The largest absolute Gasteiger partial charge is 0.323 e. The third-order valence-corrected chi connectivity index (χ3v) is 6.38. The molecule has 1 aliphatic carbocycles. The Bertz CT molecular complexity index is 1120. The molecule has 2 aromatic carbocycles. The second-order valence-electron chi connectivity index (χ2n) is 7.15. The molecular formula is C21H18ClF3N4OS. The molecule has 0 spiro atoms. The van der Waals surface area contributed by atoms with Crippen LogP contribution in [0.1, 0.15) is 31.7 Å². The van der Waals surface area contributed by atoms with E-state index < -0.39 is 29.0 Å². The first-order valence-electron chi connectivity index (χ1n) is 9.71. The molecule has 1 fully saturated rings. The maximum Gasteiger partial charge on any atom is 0.234 e. The topological polar surface area (TPSA) is 59.8 Å². The van der Waals surface area contributed by atoms with Crippen molar-refractivity contribution in [1.82, 2.24) is 14.8 Å². The number of carbonyl (C=O) groups excluding carboxylic acids is 1. The summed E-state index contributed by atoms with van der Waals surface area (Å²) in [6.45, 7) is 0. The van der Waals surface area contributed by atoms with Crippen LogP contribution < -0.4 is 5.32 Å². The fourth-order valence-electron chi connectivity index (χ4n) is 3.63. The van der Waals surface area contributed by atoms with Gasteiger partial charge >= 0.3 is 0 Å². The van der Waals surface area contributed by atoms with Gasteiger partial charge in [0.1, 0.15) is 0 Å². The van der Waals surface area contributed by atoms with Gasteiger partial charge in [-0.1, -0.05) is 48.3 Å². The number of aromatic nitrogens is 3. The maximum absolute atomic E-state index is 13.8. The summed E-state index contributed by atoms with van der Waals surface area (Å²) in [5.41, 5.74) is 0.335. The molecule has 5 nitrogen and oxygen atoms in total. The number of hydrogen-bond acceptors (Lipinski definition) is 4. The number of nitrogens with zero attached hydrogens (tertiary/aromatic N) is 3. The Morgan fingerprint density at radius 2 is 1.84 bits per heavy atom. The van der Waals surface area contributed by atoms with Crippen molar-refractivity contribution < 1.29 is 18.0 Å². The molecule has 1 aliphatic rings. The van der Waals surface area contributed by atoms with Crippen LogP contribution in [0.25, 0.3) is 11.4 Å². The van der Waals surface area contributed by atoms with Crippen molar-refractivity contribution in [2.24, 2.45) is 0 Å². The minimum absolute atomic E-state index is 0.105. The van der Waals surface area contributed by atoms with Gasteiger partial charge in [0.15, 0.2) is 28.4 Å². The van der Waals surface area contributed by atoms with Gasteiger partial charge in [-0.05, 0) is 37.1 Å². The zero-order valence-electron chi connectivity index (χ0n) is 16.2. The number of nitrogens with one attached hydrogen (secondary N) is 1. The Balaban J connectivity index is 1.54. The molecule has 0 aliphatic heterocycles. The van der Waals surface area contributed by atoms with Crippen molar-refractivity contribution >= 4 is 35.0 Å². The zero-order valence-corrected chi connectivity index (χ0v) is 17.8. The van der Waals surface area contributed by atoms with Crippen molar-refractivity contribution in [3.8, 4) is 11.4 Å². The highest BCUT2D eigenvalue weighted by Gasteiger charge is 2.26. The first-order chi connectivity index (χ1) is 15.0. The van der Waals surface area contributed by atoms with Crippen LogP contribution in [0.2, 0.25) is 5.02 Å². The van der Waals surface area contributed by atoms with Crippen molar-refractivity contribution in [2.45, 2.75) is 36.9 Å². The number of rotatable bonds is 6. The number of halogens is 4. The normalized spacial score (nSPS) is 14.2. The van der Waals surface area contributed by atoms with Gasteiger partial charge in [0.2, 0.25) is 5.91 Å². The van der Waals surface area contributed by atoms with E-state index in [1.165, 1.54) is 0 Å². The fraction of sp³-hybridized carbons (Fsp3) is 0.286. The molecule has 1 heterocycles. The van der Waals surface area contributed by atoms with Gasteiger partial charge in [-0.25, -0.2) is 13.2 Å². The van der Waals surface area contributed by atoms with Gasteiger partial charge in [-0.3, -0.25) is 9.36 Å². The SMILES string of the molecule is O=C(CSc1nnc(-c2ccccc2Cl)n1C1CCCC1)Nc1ccc(F)c(F)c1F. The predicted molar refractivity (Wildman–Crippen MR) is 114 cm³/mol. The van der Waals surface area contributed by atoms with E-state index >= 15 is 0 Å². The van der Waals surface area contributed by atoms with E-state index in [1.54, 1.807) is 6.07 Å². The van der Waals surface area contributed by atoms with Crippen LogP contribution in [-0.4, -0.2) is 26.4 Å². The lowest BCUT2D eigenvalue weighted by Gasteiger charge is -2.17. The summed E-state index contributed by atoms with van der Waals surface area (Å²) in [6, 6.07) is 9.27. The van der Waals surface area contributed by atoms with Crippen LogP contribution in [0, 0.1) is 17.5 Å². The van der Waals surface area contributed by atoms with E-state index in [-0.39, 0.29) is 11.8 Å². The van der Waals surface area contributed by atoms with E-state index in [9.17, 15) is 18.0 Å². The molecular weight excluding hydrogens is 449 g/mol. The lowest BCUT2D eigenvalue weighted by molar-refractivity contribution is -0.113. The van der Waals surface area contributed by atoms with Crippen LogP contribution in [0.15, 0.2) is 41.6 Å². The predicted octanol–water partition coefficient (Wildman–Crippen LogP) is 5.86. The Morgan fingerprint density at radius 3 is 2.58 bits per heavy atom. The average Bonchev–Trinajstić information content (AvgIpc) is 3.42. The second-order valence-corrected chi connectivity index (χ2v) is 8.50. The van der Waals surface area contributed by atoms with Crippen LogP contribution >= 0.6 is 23.4 Å².